The van der Waals surface area contributed by atoms with Gasteiger partial charge >= 0.3 is 0 Å². The van der Waals surface area contributed by atoms with E-state index in [1.54, 1.807) is 10.9 Å². The number of rotatable bonds is 1. The summed E-state index contributed by atoms with van der Waals surface area (Å²) in [5.74, 6) is 0. The maximum atomic E-state index is 10.6. The van der Waals surface area contributed by atoms with Gasteiger partial charge in [0, 0.05) is 18.7 Å². The minimum absolute atomic E-state index is 0.263. The Morgan fingerprint density at radius 3 is 2.64 bits per heavy atom. The van der Waals surface area contributed by atoms with Crippen molar-refractivity contribution in [1.82, 2.24) is 9.78 Å². The van der Waals surface area contributed by atoms with E-state index in [4.69, 9.17) is 4.74 Å². The van der Waals surface area contributed by atoms with Crippen LogP contribution in [0.3, 0.4) is 0 Å². The van der Waals surface area contributed by atoms with Crippen LogP contribution in [-0.4, -0.2) is 28.1 Å². The maximum absolute atomic E-state index is 10.6. The summed E-state index contributed by atoms with van der Waals surface area (Å²) in [5, 5.41) is 14.6. The maximum Gasteiger partial charge on any atom is 0.136 e. The van der Waals surface area contributed by atoms with Gasteiger partial charge in [-0.15, -0.1) is 0 Å². The van der Waals surface area contributed by atoms with Crippen molar-refractivity contribution in [3.8, 4) is 0 Å². The minimum atomic E-state index is -0.918. The first-order valence-electron chi connectivity index (χ1n) is 4.76. The standard InChI is InChI=1S/C10H16N2O2/c1-9(2)6-14-7-10(9,13)8-4-5-11-12(8)3/h4-5,13H,6-7H2,1-3H3. The van der Waals surface area contributed by atoms with Crippen molar-refractivity contribution in [3.05, 3.63) is 18.0 Å². The van der Waals surface area contributed by atoms with Gasteiger partial charge in [0.2, 0.25) is 0 Å². The Morgan fingerprint density at radius 1 is 1.50 bits per heavy atom. The molecule has 4 heteroatoms. The molecule has 78 valence electrons. The van der Waals surface area contributed by atoms with Gasteiger partial charge in [0.15, 0.2) is 0 Å². The molecule has 1 unspecified atom stereocenters. The number of nitrogens with zero attached hydrogens (tertiary/aromatic N) is 2. The average molecular weight is 196 g/mol. The molecular weight excluding hydrogens is 180 g/mol. The van der Waals surface area contributed by atoms with Gasteiger partial charge in [-0.3, -0.25) is 4.68 Å². The van der Waals surface area contributed by atoms with Crippen molar-refractivity contribution >= 4 is 0 Å². The highest BCUT2D eigenvalue weighted by Gasteiger charge is 2.51. The Morgan fingerprint density at radius 2 is 2.21 bits per heavy atom. The van der Waals surface area contributed by atoms with E-state index in [0.29, 0.717) is 13.2 Å². The number of hydrogen-bond acceptors (Lipinski definition) is 3. The first kappa shape index (κ1) is 9.68. The minimum Gasteiger partial charge on any atom is -0.380 e. The van der Waals surface area contributed by atoms with Gasteiger partial charge in [0.1, 0.15) is 5.60 Å². The molecule has 1 atom stereocenters. The van der Waals surface area contributed by atoms with Crippen LogP contribution in [0.2, 0.25) is 0 Å². The molecule has 0 aromatic carbocycles. The molecule has 1 aromatic rings. The lowest BCUT2D eigenvalue weighted by Crippen LogP contribution is -2.42. The third-order valence-corrected chi connectivity index (χ3v) is 3.14. The summed E-state index contributed by atoms with van der Waals surface area (Å²) < 4.78 is 7.07. The number of hydrogen-bond donors (Lipinski definition) is 1. The molecule has 0 aliphatic carbocycles. The van der Waals surface area contributed by atoms with Crippen LogP contribution in [0.1, 0.15) is 19.5 Å². The third kappa shape index (κ3) is 1.11. The summed E-state index contributed by atoms with van der Waals surface area (Å²) in [7, 11) is 1.84. The molecule has 0 amide bonds. The fraction of sp³-hybridized carbons (Fsp3) is 0.700. The molecule has 4 nitrogen and oxygen atoms in total. The van der Waals surface area contributed by atoms with E-state index in [2.05, 4.69) is 5.10 Å². The third-order valence-electron chi connectivity index (χ3n) is 3.14. The summed E-state index contributed by atoms with van der Waals surface area (Å²) in [6, 6.07) is 1.84. The molecule has 0 radical (unpaired) electrons. The lowest BCUT2D eigenvalue weighted by molar-refractivity contribution is -0.0449. The van der Waals surface area contributed by atoms with E-state index in [-0.39, 0.29) is 5.41 Å². The predicted octanol–water partition coefficient (Wildman–Crippen LogP) is 0.664. The highest BCUT2D eigenvalue weighted by atomic mass is 16.5. The molecule has 2 rings (SSSR count). The van der Waals surface area contributed by atoms with Crippen molar-refractivity contribution in [2.45, 2.75) is 19.4 Å². The van der Waals surface area contributed by atoms with Crippen LogP contribution in [-0.2, 0) is 17.4 Å². The van der Waals surface area contributed by atoms with Crippen LogP contribution >= 0.6 is 0 Å². The molecule has 1 aromatic heterocycles. The van der Waals surface area contributed by atoms with Gasteiger partial charge < -0.3 is 9.84 Å². The smallest absolute Gasteiger partial charge is 0.136 e. The fourth-order valence-corrected chi connectivity index (χ4v) is 1.97. The summed E-state index contributed by atoms with van der Waals surface area (Å²) in [6.07, 6.45) is 1.70. The van der Waals surface area contributed by atoms with Crippen LogP contribution in [0.5, 0.6) is 0 Å². The van der Waals surface area contributed by atoms with Gasteiger partial charge in [0.05, 0.1) is 18.9 Å². The van der Waals surface area contributed by atoms with Gasteiger partial charge in [0.25, 0.3) is 0 Å². The molecular formula is C10H16N2O2. The first-order valence-corrected chi connectivity index (χ1v) is 4.76. The second kappa shape index (κ2) is 2.81. The molecule has 14 heavy (non-hydrogen) atoms. The van der Waals surface area contributed by atoms with Crippen LogP contribution in [0.15, 0.2) is 12.3 Å². The molecule has 1 N–H and O–H groups in total. The average Bonchev–Trinajstić information content (AvgIpc) is 2.59. The zero-order valence-electron chi connectivity index (χ0n) is 8.82. The van der Waals surface area contributed by atoms with Crippen LogP contribution in [0.25, 0.3) is 0 Å². The molecule has 0 bridgehead atoms. The Labute approximate surface area is 83.5 Å². The Bertz CT molecular complexity index is 346. The van der Waals surface area contributed by atoms with Gasteiger partial charge in [-0.25, -0.2) is 0 Å². The van der Waals surface area contributed by atoms with Crippen LogP contribution in [0, 0.1) is 5.41 Å². The van der Waals surface area contributed by atoms with Crippen molar-refractivity contribution in [1.29, 1.82) is 0 Å². The molecule has 1 aliphatic rings. The molecule has 1 fully saturated rings. The summed E-state index contributed by atoms with van der Waals surface area (Å²) in [5.41, 5.74) is -0.362. The zero-order chi connectivity index (χ0) is 10.4. The lowest BCUT2D eigenvalue weighted by Gasteiger charge is -2.34. The van der Waals surface area contributed by atoms with Crippen molar-refractivity contribution in [3.63, 3.8) is 0 Å². The number of aromatic nitrogens is 2. The predicted molar refractivity (Wildman–Crippen MR) is 51.7 cm³/mol. The second-order valence-electron chi connectivity index (χ2n) is 4.58. The van der Waals surface area contributed by atoms with Gasteiger partial charge in [-0.2, -0.15) is 5.10 Å². The Balaban J connectivity index is 2.47. The fourth-order valence-electron chi connectivity index (χ4n) is 1.97. The molecule has 0 saturated carbocycles. The topological polar surface area (TPSA) is 47.3 Å². The highest BCUT2D eigenvalue weighted by Crippen LogP contribution is 2.44. The Kier molecular flexibility index (Phi) is 1.94. The van der Waals surface area contributed by atoms with Crippen LogP contribution in [0.4, 0.5) is 0 Å². The number of aliphatic hydroxyl groups is 1. The van der Waals surface area contributed by atoms with Gasteiger partial charge in [-0.05, 0) is 6.07 Å². The molecule has 0 spiro atoms. The molecule has 1 aliphatic heterocycles. The molecule has 2 heterocycles. The largest absolute Gasteiger partial charge is 0.380 e. The summed E-state index contributed by atoms with van der Waals surface area (Å²) >= 11 is 0. The van der Waals surface area contributed by atoms with E-state index in [9.17, 15) is 5.11 Å². The number of aryl methyl sites for hydroxylation is 1. The monoisotopic (exact) mass is 196 g/mol. The first-order chi connectivity index (χ1) is 6.47. The second-order valence-corrected chi connectivity index (χ2v) is 4.58. The van der Waals surface area contributed by atoms with E-state index in [1.807, 2.05) is 27.0 Å². The molecule has 1 saturated heterocycles. The SMILES string of the molecule is Cn1nccc1C1(O)COCC1(C)C. The van der Waals surface area contributed by atoms with Gasteiger partial charge in [-0.1, -0.05) is 13.8 Å². The van der Waals surface area contributed by atoms with Crippen LogP contribution < -0.4 is 0 Å². The van der Waals surface area contributed by atoms with Crippen molar-refractivity contribution < 1.29 is 9.84 Å². The highest BCUT2D eigenvalue weighted by molar-refractivity contribution is 5.18. The van der Waals surface area contributed by atoms with E-state index >= 15 is 0 Å². The van der Waals surface area contributed by atoms with Crippen molar-refractivity contribution in [2.24, 2.45) is 12.5 Å². The zero-order valence-corrected chi connectivity index (χ0v) is 8.82. The van der Waals surface area contributed by atoms with Crippen molar-refractivity contribution in [2.75, 3.05) is 13.2 Å². The summed E-state index contributed by atoms with van der Waals surface area (Å²) in [6.45, 7) is 4.94. The quantitative estimate of drug-likeness (QED) is 0.718. The normalized spacial score (nSPS) is 30.9. The van der Waals surface area contributed by atoms with E-state index in [0.717, 1.165) is 5.69 Å². The number of ether oxygens (including phenoxy) is 1. The summed E-state index contributed by atoms with van der Waals surface area (Å²) in [4.78, 5) is 0. The lowest BCUT2D eigenvalue weighted by atomic mass is 9.76. The van der Waals surface area contributed by atoms with E-state index in [1.165, 1.54) is 0 Å². The van der Waals surface area contributed by atoms with E-state index < -0.39 is 5.60 Å². The Hall–Kier alpha value is -0.870.